The van der Waals surface area contributed by atoms with Gasteiger partial charge in [0, 0.05) is 11.6 Å². The summed E-state index contributed by atoms with van der Waals surface area (Å²) < 4.78 is 10.6. The predicted molar refractivity (Wildman–Crippen MR) is 84.3 cm³/mol. The van der Waals surface area contributed by atoms with Gasteiger partial charge in [0.2, 0.25) is 0 Å². The van der Waals surface area contributed by atoms with Gasteiger partial charge in [-0.05, 0) is 29.7 Å². The highest BCUT2D eigenvalue weighted by atomic mass is 16.5. The van der Waals surface area contributed by atoms with Crippen molar-refractivity contribution >= 4 is 5.97 Å². The molecule has 0 saturated heterocycles. The van der Waals surface area contributed by atoms with Crippen molar-refractivity contribution < 1.29 is 19.4 Å². The first-order chi connectivity index (χ1) is 10.5. The van der Waals surface area contributed by atoms with Gasteiger partial charge in [0.25, 0.3) is 0 Å². The summed E-state index contributed by atoms with van der Waals surface area (Å²) in [5, 5.41) is 8.84. The molecule has 2 rings (SSSR count). The van der Waals surface area contributed by atoms with Crippen molar-refractivity contribution in [2.24, 2.45) is 5.73 Å². The maximum atomic E-state index is 10.8. The first-order valence-corrected chi connectivity index (χ1v) is 6.85. The Morgan fingerprint density at radius 1 is 1.14 bits per heavy atom. The Labute approximate surface area is 129 Å². The molecule has 1 unspecified atom stereocenters. The zero-order chi connectivity index (χ0) is 16.1. The van der Waals surface area contributed by atoms with Gasteiger partial charge >= 0.3 is 5.97 Å². The van der Waals surface area contributed by atoms with Crippen LogP contribution < -0.4 is 15.2 Å². The summed E-state index contributed by atoms with van der Waals surface area (Å²) in [7, 11) is 3.22. The second-order valence-corrected chi connectivity index (χ2v) is 4.91. The van der Waals surface area contributed by atoms with Gasteiger partial charge < -0.3 is 20.3 Å². The maximum absolute atomic E-state index is 10.8. The number of carbonyl (C=O) groups is 1. The molecule has 0 aromatic heterocycles. The van der Waals surface area contributed by atoms with E-state index in [2.05, 4.69) is 0 Å². The molecule has 1 atom stereocenters. The molecule has 3 N–H and O–H groups in total. The Balaban J connectivity index is 2.25. The summed E-state index contributed by atoms with van der Waals surface area (Å²) in [5.74, 6) is 0.444. The lowest BCUT2D eigenvalue weighted by atomic mass is 10.00. The summed E-state index contributed by atoms with van der Waals surface area (Å²) in [4.78, 5) is 10.8. The summed E-state index contributed by atoms with van der Waals surface area (Å²) >= 11 is 0. The normalized spacial score (nSPS) is 11.8. The number of carboxylic acid groups (broad SMARTS) is 1. The highest BCUT2D eigenvalue weighted by Gasteiger charge is 2.12. The fourth-order valence-electron chi connectivity index (χ4n) is 2.20. The van der Waals surface area contributed by atoms with Gasteiger partial charge in [0.05, 0.1) is 14.2 Å². The maximum Gasteiger partial charge on any atom is 0.320 e. The van der Waals surface area contributed by atoms with Crippen molar-refractivity contribution in [1.82, 2.24) is 0 Å². The molecule has 0 heterocycles. The topological polar surface area (TPSA) is 81.8 Å². The summed E-state index contributed by atoms with van der Waals surface area (Å²) in [6, 6.07) is 12.3. The fourth-order valence-corrected chi connectivity index (χ4v) is 2.20. The quantitative estimate of drug-likeness (QED) is 0.855. The third-order valence-corrected chi connectivity index (χ3v) is 3.45. The largest absolute Gasteiger partial charge is 0.497 e. The second kappa shape index (κ2) is 6.95. The molecule has 22 heavy (non-hydrogen) atoms. The van der Waals surface area contributed by atoms with Crippen molar-refractivity contribution in [3.8, 4) is 22.6 Å². The molecule has 5 nitrogen and oxygen atoms in total. The van der Waals surface area contributed by atoms with Crippen LogP contribution in [0.4, 0.5) is 0 Å². The number of nitrogens with two attached hydrogens (primary N) is 1. The van der Waals surface area contributed by atoms with Crippen LogP contribution in [-0.4, -0.2) is 31.3 Å². The standard InChI is InChI=1S/C17H19NO4/c1-21-13-7-8-14(16(10-13)22-2)12-5-3-11(4-6-12)9-15(18)17(19)20/h3-8,10,15H,9,18H2,1-2H3,(H,19,20). The molecule has 2 aromatic rings. The number of aliphatic carboxylic acids is 1. The van der Waals surface area contributed by atoms with Gasteiger partial charge in [0.15, 0.2) is 0 Å². The predicted octanol–water partition coefficient (Wildman–Crippen LogP) is 2.33. The van der Waals surface area contributed by atoms with Crippen molar-refractivity contribution in [2.45, 2.75) is 12.5 Å². The molecule has 116 valence electrons. The summed E-state index contributed by atoms with van der Waals surface area (Å²) in [6.07, 6.45) is 0.301. The van der Waals surface area contributed by atoms with Gasteiger partial charge in [-0.1, -0.05) is 24.3 Å². The van der Waals surface area contributed by atoms with Crippen LogP contribution in [0.2, 0.25) is 0 Å². The molecular formula is C17H19NO4. The third kappa shape index (κ3) is 3.56. The van der Waals surface area contributed by atoms with Crippen LogP contribution in [0.15, 0.2) is 42.5 Å². The third-order valence-electron chi connectivity index (χ3n) is 3.45. The fraction of sp³-hybridized carbons (Fsp3) is 0.235. The van der Waals surface area contributed by atoms with Crippen molar-refractivity contribution in [3.05, 3.63) is 48.0 Å². The molecular weight excluding hydrogens is 282 g/mol. The average molecular weight is 301 g/mol. The molecule has 0 spiro atoms. The van der Waals surface area contributed by atoms with Crippen LogP contribution >= 0.6 is 0 Å². The lowest BCUT2D eigenvalue weighted by molar-refractivity contribution is -0.138. The van der Waals surface area contributed by atoms with Crippen molar-refractivity contribution in [2.75, 3.05) is 14.2 Å². The van der Waals surface area contributed by atoms with Crippen molar-refractivity contribution in [3.63, 3.8) is 0 Å². The van der Waals surface area contributed by atoms with E-state index < -0.39 is 12.0 Å². The van der Waals surface area contributed by atoms with E-state index in [0.717, 1.165) is 22.4 Å². The number of benzene rings is 2. The summed E-state index contributed by atoms with van der Waals surface area (Å²) in [5.41, 5.74) is 8.34. The van der Waals surface area contributed by atoms with Crippen LogP contribution in [0.5, 0.6) is 11.5 Å². The van der Waals surface area contributed by atoms with E-state index in [1.165, 1.54) is 0 Å². The first-order valence-electron chi connectivity index (χ1n) is 6.85. The smallest absolute Gasteiger partial charge is 0.320 e. The number of methoxy groups -OCH3 is 2. The number of carboxylic acids is 1. The average Bonchev–Trinajstić information content (AvgIpc) is 2.54. The van der Waals surface area contributed by atoms with Crippen LogP contribution in [-0.2, 0) is 11.2 Å². The number of hydrogen-bond donors (Lipinski definition) is 2. The second-order valence-electron chi connectivity index (χ2n) is 4.91. The molecule has 2 aromatic carbocycles. The Hall–Kier alpha value is -2.53. The molecule has 5 heteroatoms. The SMILES string of the molecule is COc1ccc(-c2ccc(CC(N)C(=O)O)cc2)c(OC)c1. The van der Waals surface area contributed by atoms with E-state index in [1.54, 1.807) is 14.2 Å². The van der Waals surface area contributed by atoms with Gasteiger partial charge in [0.1, 0.15) is 17.5 Å². The van der Waals surface area contributed by atoms with E-state index in [1.807, 2.05) is 42.5 Å². The molecule has 0 aliphatic heterocycles. The summed E-state index contributed by atoms with van der Waals surface area (Å²) in [6.45, 7) is 0. The number of rotatable bonds is 6. The molecule has 0 amide bonds. The highest BCUT2D eigenvalue weighted by Crippen LogP contribution is 2.33. The lowest BCUT2D eigenvalue weighted by Gasteiger charge is -2.12. The van der Waals surface area contributed by atoms with E-state index in [0.29, 0.717) is 12.2 Å². The van der Waals surface area contributed by atoms with Crippen LogP contribution in [0, 0.1) is 0 Å². The minimum atomic E-state index is -0.999. The Morgan fingerprint density at radius 2 is 1.82 bits per heavy atom. The Kier molecular flexibility index (Phi) is 5.01. The monoisotopic (exact) mass is 301 g/mol. The van der Waals surface area contributed by atoms with Gasteiger partial charge in [-0.25, -0.2) is 0 Å². The molecule has 0 aliphatic rings. The van der Waals surface area contributed by atoms with E-state index in [9.17, 15) is 4.79 Å². The van der Waals surface area contributed by atoms with E-state index >= 15 is 0 Å². The molecule has 0 fully saturated rings. The van der Waals surface area contributed by atoms with Crippen molar-refractivity contribution in [1.29, 1.82) is 0 Å². The zero-order valence-electron chi connectivity index (χ0n) is 12.6. The molecule has 0 radical (unpaired) electrons. The lowest BCUT2D eigenvalue weighted by Crippen LogP contribution is -2.32. The van der Waals surface area contributed by atoms with Gasteiger partial charge in [-0.2, -0.15) is 0 Å². The minimum Gasteiger partial charge on any atom is -0.497 e. The Morgan fingerprint density at radius 3 is 2.36 bits per heavy atom. The molecule has 0 saturated carbocycles. The van der Waals surface area contributed by atoms with Crippen LogP contribution in [0.25, 0.3) is 11.1 Å². The number of hydrogen-bond acceptors (Lipinski definition) is 4. The van der Waals surface area contributed by atoms with E-state index in [4.69, 9.17) is 20.3 Å². The number of ether oxygens (including phenoxy) is 2. The Bertz CT molecular complexity index is 652. The highest BCUT2D eigenvalue weighted by molar-refractivity contribution is 5.74. The molecule has 0 bridgehead atoms. The van der Waals surface area contributed by atoms with Crippen LogP contribution in [0.1, 0.15) is 5.56 Å². The first kappa shape index (κ1) is 15.9. The van der Waals surface area contributed by atoms with Crippen LogP contribution in [0.3, 0.4) is 0 Å². The zero-order valence-corrected chi connectivity index (χ0v) is 12.6. The van der Waals surface area contributed by atoms with E-state index in [-0.39, 0.29) is 0 Å². The van der Waals surface area contributed by atoms with Gasteiger partial charge in [-0.15, -0.1) is 0 Å². The van der Waals surface area contributed by atoms with Gasteiger partial charge in [-0.3, -0.25) is 4.79 Å². The molecule has 0 aliphatic carbocycles. The minimum absolute atomic E-state index is 0.301.